The fourth-order valence-electron chi connectivity index (χ4n) is 3.29. The summed E-state index contributed by atoms with van der Waals surface area (Å²) in [5, 5.41) is 3.65. The van der Waals surface area contributed by atoms with Crippen molar-refractivity contribution < 1.29 is 9.53 Å². The largest absolute Gasteiger partial charge is 0.497 e. The molecule has 0 bridgehead atoms. The first-order valence-corrected chi connectivity index (χ1v) is 8.93. The second-order valence-corrected chi connectivity index (χ2v) is 6.68. The number of carbonyl (C=O) groups is 1. The molecule has 25 heavy (non-hydrogen) atoms. The topological polar surface area (TPSA) is 41.6 Å². The van der Waals surface area contributed by atoms with E-state index < -0.39 is 0 Å². The highest BCUT2D eigenvalue weighted by atomic mass is 35.5. The van der Waals surface area contributed by atoms with E-state index in [-0.39, 0.29) is 11.9 Å². The van der Waals surface area contributed by atoms with Crippen LogP contribution in [0, 0.1) is 0 Å². The second-order valence-electron chi connectivity index (χ2n) is 6.27. The minimum Gasteiger partial charge on any atom is -0.497 e. The van der Waals surface area contributed by atoms with Crippen LogP contribution in [0.5, 0.6) is 5.75 Å². The number of hydrogen-bond acceptors (Lipinski definition) is 3. The number of nitrogens with one attached hydrogen (secondary N) is 1. The zero-order valence-corrected chi connectivity index (χ0v) is 15.1. The van der Waals surface area contributed by atoms with Gasteiger partial charge < -0.3 is 10.1 Å². The average Bonchev–Trinajstić information content (AvgIpc) is 3.09. The van der Waals surface area contributed by atoms with Crippen LogP contribution in [0.1, 0.15) is 30.0 Å². The summed E-state index contributed by atoms with van der Waals surface area (Å²) in [5.74, 6) is 0.881. The van der Waals surface area contributed by atoms with Crippen molar-refractivity contribution in [2.24, 2.45) is 0 Å². The molecule has 0 spiro atoms. The Kier molecular flexibility index (Phi) is 5.95. The molecule has 0 radical (unpaired) electrons. The van der Waals surface area contributed by atoms with Gasteiger partial charge in [-0.15, -0.1) is 0 Å². The van der Waals surface area contributed by atoms with E-state index in [0.717, 1.165) is 30.7 Å². The van der Waals surface area contributed by atoms with Crippen LogP contribution in [0.15, 0.2) is 48.5 Å². The molecule has 1 heterocycles. The number of benzene rings is 2. The standard InChI is InChI=1S/C20H23ClN2O2/c1-25-17-10-8-15(9-11-17)19-7-4-12-23(19)14-20(24)22-13-16-5-2-3-6-18(16)21/h2-3,5-6,8-11,19H,4,7,12-14H2,1H3,(H,22,24)/t19-/m0/s1. The summed E-state index contributed by atoms with van der Waals surface area (Å²) in [4.78, 5) is 14.6. The van der Waals surface area contributed by atoms with Crippen molar-refractivity contribution in [2.45, 2.75) is 25.4 Å². The number of methoxy groups -OCH3 is 1. The van der Waals surface area contributed by atoms with Crippen LogP contribution in [0.3, 0.4) is 0 Å². The fourth-order valence-corrected chi connectivity index (χ4v) is 3.50. The number of rotatable bonds is 6. The van der Waals surface area contributed by atoms with Crippen molar-refractivity contribution in [2.75, 3.05) is 20.2 Å². The molecule has 1 aliphatic rings. The van der Waals surface area contributed by atoms with E-state index in [4.69, 9.17) is 16.3 Å². The molecule has 132 valence electrons. The summed E-state index contributed by atoms with van der Waals surface area (Å²) in [6.45, 7) is 1.80. The number of nitrogens with zero attached hydrogens (tertiary/aromatic N) is 1. The zero-order chi connectivity index (χ0) is 17.6. The predicted molar refractivity (Wildman–Crippen MR) is 99.8 cm³/mol. The molecule has 1 atom stereocenters. The Balaban J connectivity index is 1.57. The summed E-state index contributed by atoms with van der Waals surface area (Å²) in [6.07, 6.45) is 2.18. The summed E-state index contributed by atoms with van der Waals surface area (Å²) < 4.78 is 5.22. The van der Waals surface area contributed by atoms with Crippen LogP contribution in [-0.2, 0) is 11.3 Å². The lowest BCUT2D eigenvalue weighted by atomic mass is 10.0. The van der Waals surface area contributed by atoms with Gasteiger partial charge in [0.1, 0.15) is 5.75 Å². The number of halogens is 1. The minimum atomic E-state index is 0.0281. The minimum absolute atomic E-state index is 0.0281. The second kappa shape index (κ2) is 8.37. The first-order chi connectivity index (χ1) is 12.2. The van der Waals surface area contributed by atoms with Crippen LogP contribution in [0.25, 0.3) is 0 Å². The predicted octanol–water partition coefficient (Wildman–Crippen LogP) is 3.80. The molecule has 4 nitrogen and oxygen atoms in total. The molecule has 3 rings (SSSR count). The first kappa shape index (κ1) is 17.8. The normalized spacial score (nSPS) is 17.4. The SMILES string of the molecule is COc1ccc([C@@H]2CCCN2CC(=O)NCc2ccccc2Cl)cc1. The Morgan fingerprint density at radius 2 is 2.00 bits per heavy atom. The van der Waals surface area contributed by atoms with Crippen molar-refractivity contribution in [3.63, 3.8) is 0 Å². The van der Waals surface area contributed by atoms with E-state index in [0.29, 0.717) is 18.1 Å². The molecule has 0 aromatic heterocycles. The molecule has 1 saturated heterocycles. The molecule has 0 saturated carbocycles. The first-order valence-electron chi connectivity index (χ1n) is 8.55. The number of ether oxygens (including phenoxy) is 1. The molecule has 2 aromatic rings. The van der Waals surface area contributed by atoms with E-state index in [1.165, 1.54) is 5.56 Å². The van der Waals surface area contributed by atoms with Crippen LogP contribution in [-0.4, -0.2) is 31.0 Å². The van der Waals surface area contributed by atoms with Crippen molar-refractivity contribution in [1.29, 1.82) is 0 Å². The monoisotopic (exact) mass is 358 g/mol. The summed E-state index contributed by atoms with van der Waals surface area (Å²) in [5.41, 5.74) is 2.17. The van der Waals surface area contributed by atoms with Crippen LogP contribution in [0.2, 0.25) is 5.02 Å². The van der Waals surface area contributed by atoms with Gasteiger partial charge in [-0.2, -0.15) is 0 Å². The third-order valence-electron chi connectivity index (χ3n) is 4.64. The maximum Gasteiger partial charge on any atom is 0.234 e. The Morgan fingerprint density at radius 1 is 1.24 bits per heavy atom. The number of carbonyl (C=O) groups excluding carboxylic acids is 1. The lowest BCUT2D eigenvalue weighted by Gasteiger charge is -2.24. The highest BCUT2D eigenvalue weighted by molar-refractivity contribution is 6.31. The molecule has 1 fully saturated rings. The molecule has 0 unspecified atom stereocenters. The smallest absolute Gasteiger partial charge is 0.234 e. The van der Waals surface area contributed by atoms with Gasteiger partial charge >= 0.3 is 0 Å². The molecule has 1 aliphatic heterocycles. The Morgan fingerprint density at radius 3 is 2.72 bits per heavy atom. The quantitative estimate of drug-likeness (QED) is 0.853. The average molecular weight is 359 g/mol. The highest BCUT2D eigenvalue weighted by Crippen LogP contribution is 2.32. The van der Waals surface area contributed by atoms with Crippen LogP contribution < -0.4 is 10.1 Å². The van der Waals surface area contributed by atoms with Crippen molar-refractivity contribution in [3.8, 4) is 5.75 Å². The van der Waals surface area contributed by atoms with E-state index in [2.05, 4.69) is 22.3 Å². The van der Waals surface area contributed by atoms with Gasteiger partial charge in [0.15, 0.2) is 0 Å². The Labute approximate surface area is 153 Å². The van der Waals surface area contributed by atoms with Gasteiger partial charge in [0.2, 0.25) is 5.91 Å². The van der Waals surface area contributed by atoms with Crippen LogP contribution >= 0.6 is 11.6 Å². The van der Waals surface area contributed by atoms with Gasteiger partial charge in [-0.3, -0.25) is 9.69 Å². The Bertz CT molecular complexity index is 718. The molecular formula is C20H23ClN2O2. The molecule has 1 amide bonds. The van der Waals surface area contributed by atoms with Gasteiger partial charge in [-0.05, 0) is 48.7 Å². The summed E-state index contributed by atoms with van der Waals surface area (Å²) in [7, 11) is 1.67. The van der Waals surface area contributed by atoms with Crippen molar-refractivity contribution >= 4 is 17.5 Å². The van der Waals surface area contributed by atoms with Gasteiger partial charge in [-0.25, -0.2) is 0 Å². The lowest BCUT2D eigenvalue weighted by molar-refractivity contribution is -0.122. The van der Waals surface area contributed by atoms with E-state index >= 15 is 0 Å². The molecule has 2 aromatic carbocycles. The zero-order valence-electron chi connectivity index (χ0n) is 14.4. The molecule has 5 heteroatoms. The van der Waals surface area contributed by atoms with Gasteiger partial charge in [0.05, 0.1) is 13.7 Å². The third kappa shape index (κ3) is 4.53. The van der Waals surface area contributed by atoms with E-state index in [1.54, 1.807) is 7.11 Å². The maximum atomic E-state index is 12.3. The van der Waals surface area contributed by atoms with Crippen molar-refractivity contribution in [1.82, 2.24) is 10.2 Å². The van der Waals surface area contributed by atoms with Crippen LogP contribution in [0.4, 0.5) is 0 Å². The van der Waals surface area contributed by atoms with Gasteiger partial charge in [-0.1, -0.05) is 41.9 Å². The lowest BCUT2D eigenvalue weighted by Crippen LogP contribution is -2.36. The number of hydrogen-bond donors (Lipinski definition) is 1. The van der Waals surface area contributed by atoms with Gasteiger partial charge in [0, 0.05) is 17.6 Å². The molecule has 1 N–H and O–H groups in total. The maximum absolute atomic E-state index is 12.3. The Hall–Kier alpha value is -2.04. The van der Waals surface area contributed by atoms with Crippen molar-refractivity contribution in [3.05, 3.63) is 64.7 Å². The third-order valence-corrected chi connectivity index (χ3v) is 5.01. The molecule has 0 aliphatic carbocycles. The van der Waals surface area contributed by atoms with E-state index in [1.807, 2.05) is 36.4 Å². The summed E-state index contributed by atoms with van der Waals surface area (Å²) in [6, 6.07) is 16.0. The number of amides is 1. The van der Waals surface area contributed by atoms with E-state index in [9.17, 15) is 4.79 Å². The summed E-state index contributed by atoms with van der Waals surface area (Å²) >= 11 is 6.13. The highest BCUT2D eigenvalue weighted by Gasteiger charge is 2.27. The fraction of sp³-hybridized carbons (Fsp3) is 0.350. The van der Waals surface area contributed by atoms with Gasteiger partial charge in [0.25, 0.3) is 0 Å². The molecular weight excluding hydrogens is 336 g/mol. The number of likely N-dealkylation sites (tertiary alicyclic amines) is 1.